The second-order valence-electron chi connectivity index (χ2n) is 2.40. The fourth-order valence-corrected chi connectivity index (χ4v) is 1.19. The van der Waals surface area contributed by atoms with Crippen molar-refractivity contribution in [3.8, 4) is 11.8 Å². The van der Waals surface area contributed by atoms with E-state index in [0.29, 0.717) is 22.9 Å². The van der Waals surface area contributed by atoms with Gasteiger partial charge in [0.1, 0.15) is 24.0 Å². The minimum Gasteiger partial charge on any atom is -0.488 e. The zero-order valence-electron chi connectivity index (χ0n) is 7.21. The van der Waals surface area contributed by atoms with Crippen molar-refractivity contribution in [2.45, 2.75) is 0 Å². The van der Waals surface area contributed by atoms with Crippen LogP contribution in [-0.4, -0.2) is 6.61 Å². The van der Waals surface area contributed by atoms with Crippen molar-refractivity contribution >= 4 is 23.2 Å². The Kier molecular flexibility index (Phi) is 4.31. The van der Waals surface area contributed by atoms with E-state index in [1.165, 1.54) is 5.54 Å². The molecule has 0 radical (unpaired) electrons. The summed E-state index contributed by atoms with van der Waals surface area (Å²) in [6.07, 6.45) is 1.63. The molecule has 14 heavy (non-hydrogen) atoms. The second-order valence-corrected chi connectivity index (χ2v) is 3.06. The molecule has 0 fully saturated rings. The minimum absolute atomic E-state index is 0.318. The van der Waals surface area contributed by atoms with E-state index in [0.717, 1.165) is 0 Å². The van der Waals surface area contributed by atoms with Crippen LogP contribution in [0.15, 0.2) is 29.8 Å². The van der Waals surface area contributed by atoms with Crippen LogP contribution in [0.3, 0.4) is 0 Å². The third-order valence-corrected chi connectivity index (χ3v) is 2.00. The molecule has 4 heteroatoms. The zero-order chi connectivity index (χ0) is 10.4. The van der Waals surface area contributed by atoms with Crippen molar-refractivity contribution in [1.82, 2.24) is 0 Å². The predicted octanol–water partition coefficient (Wildman–Crippen LogP) is 3.34. The molecule has 1 rings (SSSR count). The van der Waals surface area contributed by atoms with E-state index in [2.05, 4.69) is 0 Å². The summed E-state index contributed by atoms with van der Waals surface area (Å²) in [6, 6.07) is 7.03. The molecule has 2 nitrogen and oxygen atoms in total. The molecule has 0 aromatic heterocycles. The molecule has 1 aromatic carbocycles. The summed E-state index contributed by atoms with van der Waals surface area (Å²) in [4.78, 5) is 0. The quantitative estimate of drug-likeness (QED) is 0.794. The maximum Gasteiger partial charge on any atom is 0.139 e. The summed E-state index contributed by atoms with van der Waals surface area (Å²) in [5, 5.41) is 9.19. The monoisotopic (exact) mass is 227 g/mol. The standard InChI is InChI=1S/C10H7Cl2NO/c11-5-2-6-14-10-4-1-3-9(12)8(10)7-13/h1-5H,6H2/b5-2+. The van der Waals surface area contributed by atoms with Crippen LogP contribution in [0, 0.1) is 11.3 Å². The smallest absolute Gasteiger partial charge is 0.139 e. The first-order valence-electron chi connectivity index (χ1n) is 3.86. The molecule has 0 amide bonds. The van der Waals surface area contributed by atoms with E-state index in [1.54, 1.807) is 24.3 Å². The number of hydrogen-bond acceptors (Lipinski definition) is 2. The fraction of sp³-hybridized carbons (Fsp3) is 0.100. The number of nitrogens with zero attached hydrogens (tertiary/aromatic N) is 1. The second kappa shape index (κ2) is 5.54. The first-order chi connectivity index (χ1) is 6.79. The zero-order valence-corrected chi connectivity index (χ0v) is 8.72. The molecule has 0 aliphatic rings. The lowest BCUT2D eigenvalue weighted by Gasteiger charge is -2.05. The van der Waals surface area contributed by atoms with Gasteiger partial charge in [0.15, 0.2) is 0 Å². The molecule has 0 saturated carbocycles. The van der Waals surface area contributed by atoms with E-state index in [1.807, 2.05) is 6.07 Å². The van der Waals surface area contributed by atoms with Gasteiger partial charge in [0.25, 0.3) is 0 Å². The van der Waals surface area contributed by atoms with Gasteiger partial charge in [-0.2, -0.15) is 5.26 Å². The highest BCUT2D eigenvalue weighted by Gasteiger charge is 2.05. The maximum absolute atomic E-state index is 8.80. The summed E-state index contributed by atoms with van der Waals surface area (Å²) in [5.74, 6) is 0.467. The number of nitriles is 1. The normalized spacial score (nSPS) is 10.1. The van der Waals surface area contributed by atoms with E-state index >= 15 is 0 Å². The molecule has 1 aromatic rings. The van der Waals surface area contributed by atoms with Gasteiger partial charge in [-0.3, -0.25) is 0 Å². The number of rotatable bonds is 3. The lowest BCUT2D eigenvalue weighted by atomic mass is 10.2. The molecule has 0 aliphatic heterocycles. The molecule has 0 saturated heterocycles. The van der Waals surface area contributed by atoms with Crippen LogP contribution in [0.2, 0.25) is 5.02 Å². The summed E-state index contributed by atoms with van der Waals surface area (Å²) >= 11 is 11.1. The van der Waals surface area contributed by atoms with Crippen LogP contribution >= 0.6 is 23.2 Å². The van der Waals surface area contributed by atoms with Gasteiger partial charge in [-0.25, -0.2) is 0 Å². The highest BCUT2D eigenvalue weighted by molar-refractivity contribution is 6.31. The first-order valence-corrected chi connectivity index (χ1v) is 4.67. The Bertz CT molecular complexity index is 382. The van der Waals surface area contributed by atoms with Gasteiger partial charge in [-0.05, 0) is 18.2 Å². The average molecular weight is 228 g/mol. The number of benzene rings is 1. The highest BCUT2D eigenvalue weighted by Crippen LogP contribution is 2.25. The van der Waals surface area contributed by atoms with Crippen LogP contribution in [0.5, 0.6) is 5.75 Å². The van der Waals surface area contributed by atoms with Gasteiger partial charge >= 0.3 is 0 Å². The van der Waals surface area contributed by atoms with Gasteiger partial charge < -0.3 is 4.74 Å². The lowest BCUT2D eigenvalue weighted by Crippen LogP contribution is -1.95. The summed E-state index contributed by atoms with van der Waals surface area (Å²) in [6.45, 7) is 0.318. The number of hydrogen-bond donors (Lipinski definition) is 0. The van der Waals surface area contributed by atoms with Gasteiger partial charge in [0, 0.05) is 5.54 Å². The Morgan fingerprint density at radius 3 is 2.93 bits per heavy atom. The van der Waals surface area contributed by atoms with Gasteiger partial charge in [-0.1, -0.05) is 29.3 Å². The Morgan fingerprint density at radius 1 is 1.50 bits per heavy atom. The van der Waals surface area contributed by atoms with E-state index in [-0.39, 0.29) is 0 Å². The first kappa shape index (κ1) is 10.9. The highest BCUT2D eigenvalue weighted by atomic mass is 35.5. The van der Waals surface area contributed by atoms with Crippen molar-refractivity contribution in [2.24, 2.45) is 0 Å². The van der Waals surface area contributed by atoms with E-state index in [9.17, 15) is 0 Å². The van der Waals surface area contributed by atoms with E-state index < -0.39 is 0 Å². The van der Waals surface area contributed by atoms with Crippen molar-refractivity contribution in [1.29, 1.82) is 5.26 Å². The SMILES string of the molecule is N#Cc1c(Cl)cccc1OC/C=C/Cl. The van der Waals surface area contributed by atoms with Gasteiger partial charge in [0.2, 0.25) is 0 Å². The van der Waals surface area contributed by atoms with Crippen LogP contribution in [-0.2, 0) is 0 Å². The fourth-order valence-electron chi connectivity index (χ4n) is 0.907. The molecule has 0 bridgehead atoms. The van der Waals surface area contributed by atoms with Crippen molar-refractivity contribution in [3.05, 3.63) is 40.4 Å². The van der Waals surface area contributed by atoms with Crippen LogP contribution in [0.4, 0.5) is 0 Å². The van der Waals surface area contributed by atoms with Crippen molar-refractivity contribution in [3.63, 3.8) is 0 Å². The van der Waals surface area contributed by atoms with Crippen LogP contribution < -0.4 is 4.74 Å². The van der Waals surface area contributed by atoms with Gasteiger partial charge in [-0.15, -0.1) is 0 Å². The van der Waals surface area contributed by atoms with Crippen molar-refractivity contribution in [2.75, 3.05) is 6.61 Å². The number of halogens is 2. The predicted molar refractivity (Wildman–Crippen MR) is 56.7 cm³/mol. The Morgan fingerprint density at radius 2 is 2.29 bits per heavy atom. The van der Waals surface area contributed by atoms with Gasteiger partial charge in [0.05, 0.1) is 5.02 Å². The Balaban J connectivity index is 2.86. The Hall–Kier alpha value is -1.17. The molecule has 0 heterocycles. The molecule has 0 aliphatic carbocycles. The lowest BCUT2D eigenvalue weighted by molar-refractivity contribution is 0.362. The third-order valence-electron chi connectivity index (χ3n) is 1.51. The van der Waals surface area contributed by atoms with Crippen LogP contribution in [0.1, 0.15) is 5.56 Å². The van der Waals surface area contributed by atoms with Crippen LogP contribution in [0.25, 0.3) is 0 Å². The molecule has 72 valence electrons. The number of ether oxygens (including phenoxy) is 1. The van der Waals surface area contributed by atoms with Crippen molar-refractivity contribution < 1.29 is 4.74 Å². The summed E-state index contributed by atoms with van der Waals surface area (Å²) in [5.41, 5.74) is 1.70. The largest absolute Gasteiger partial charge is 0.488 e. The maximum atomic E-state index is 8.80. The third kappa shape index (κ3) is 2.66. The topological polar surface area (TPSA) is 33.0 Å². The summed E-state index contributed by atoms with van der Waals surface area (Å²) < 4.78 is 5.27. The molecular formula is C10H7Cl2NO. The minimum atomic E-state index is 0.318. The molecule has 0 atom stereocenters. The molecule has 0 unspecified atom stereocenters. The Labute approximate surface area is 92.3 Å². The molecular weight excluding hydrogens is 221 g/mol. The molecule has 0 N–H and O–H groups in total. The molecule has 0 spiro atoms. The van der Waals surface area contributed by atoms with E-state index in [4.69, 9.17) is 33.2 Å². The average Bonchev–Trinajstić information content (AvgIpc) is 2.18. The summed E-state index contributed by atoms with van der Waals surface area (Å²) in [7, 11) is 0.